The summed E-state index contributed by atoms with van der Waals surface area (Å²) >= 11 is 0. The second kappa shape index (κ2) is 67.2. The summed E-state index contributed by atoms with van der Waals surface area (Å²) in [5, 5.41) is 14.0. The van der Waals surface area contributed by atoms with Crippen LogP contribution < -0.4 is 0 Å². The summed E-state index contributed by atoms with van der Waals surface area (Å²) in [7, 11) is 2.00. The molecule has 5 fully saturated rings. The van der Waals surface area contributed by atoms with Crippen LogP contribution in [0.1, 0.15) is 385 Å². The van der Waals surface area contributed by atoms with Gasteiger partial charge in [-0.15, -0.1) is 0 Å². The van der Waals surface area contributed by atoms with Gasteiger partial charge in [0.25, 0.3) is 0 Å². The van der Waals surface area contributed by atoms with Crippen LogP contribution in [0.2, 0.25) is 0 Å². The summed E-state index contributed by atoms with van der Waals surface area (Å²) in [6.07, 6.45) is 90.0. The number of rotatable bonds is 0. The third-order valence-corrected chi connectivity index (χ3v) is 15.0. The molecule has 0 radical (unpaired) electrons. The van der Waals surface area contributed by atoms with Crippen molar-refractivity contribution in [2.24, 2.45) is 0 Å². The molecule has 0 aliphatic heterocycles. The van der Waals surface area contributed by atoms with Crippen LogP contribution >= 0.6 is 0 Å². The van der Waals surface area contributed by atoms with Crippen LogP contribution in [-0.4, -0.2) is 24.4 Å². The minimum absolute atomic E-state index is 1.00. The van der Waals surface area contributed by atoms with Gasteiger partial charge in [0, 0.05) is 14.2 Å². The molecule has 0 atom stereocenters. The van der Waals surface area contributed by atoms with Crippen LogP contribution in [0, 0.1) is 0 Å². The van der Waals surface area contributed by atoms with Crippen LogP contribution in [0.15, 0.2) is 0 Å². The van der Waals surface area contributed by atoms with E-state index in [1.165, 1.54) is 385 Å². The Morgan fingerprint density at radius 2 is 0.0938 bits per heavy atom. The minimum Gasteiger partial charge on any atom is -0.400 e. The first-order valence-corrected chi connectivity index (χ1v) is 30.9. The SMILES string of the molecule is C1CCCCCCCCCCC1.C1CCCCCCCCCCC1.C1CCCCCCCCCCC1.C1CCCCCCCCCCC1.C1CCCCCCCCCCC1.CO.CO. The van der Waals surface area contributed by atoms with E-state index in [1.54, 1.807) is 0 Å². The van der Waals surface area contributed by atoms with Gasteiger partial charge in [0.15, 0.2) is 0 Å². The smallest absolute Gasteiger partial charge is 0.0319 e. The van der Waals surface area contributed by atoms with Crippen molar-refractivity contribution in [3.8, 4) is 0 Å². The molecule has 5 aliphatic carbocycles. The highest BCUT2D eigenvalue weighted by molar-refractivity contribution is 4.56. The van der Waals surface area contributed by atoms with Gasteiger partial charge in [-0.3, -0.25) is 0 Å². The second-order valence-corrected chi connectivity index (χ2v) is 21.2. The van der Waals surface area contributed by atoms with Crippen molar-refractivity contribution in [3.05, 3.63) is 0 Å². The molecule has 2 heteroatoms. The lowest BCUT2D eigenvalue weighted by Crippen LogP contribution is -1.85. The number of hydrogen-bond donors (Lipinski definition) is 2. The Morgan fingerprint density at radius 3 is 0.109 bits per heavy atom. The normalized spacial score (nSPS) is 22.7. The zero-order valence-corrected chi connectivity index (χ0v) is 45.3. The Bertz CT molecular complexity index is 367. The monoisotopic (exact) mass is 905 g/mol. The lowest BCUT2D eigenvalue weighted by molar-refractivity contribution is 0.399. The average molecular weight is 906 g/mol. The highest BCUT2D eigenvalue weighted by Crippen LogP contribution is 2.20. The lowest BCUT2D eigenvalue weighted by atomic mass is 10.0. The predicted molar refractivity (Wildman–Crippen MR) is 293 cm³/mol. The fourth-order valence-electron chi connectivity index (χ4n) is 10.6. The molecule has 0 aromatic heterocycles. The average Bonchev–Trinajstić information content (AvgIpc) is 3.30. The number of aliphatic hydroxyl groups excluding tert-OH is 2. The summed E-state index contributed by atoms with van der Waals surface area (Å²) in [5.74, 6) is 0. The molecule has 64 heavy (non-hydrogen) atoms. The van der Waals surface area contributed by atoms with E-state index in [9.17, 15) is 0 Å². The maximum Gasteiger partial charge on any atom is 0.0319 e. The summed E-state index contributed by atoms with van der Waals surface area (Å²) in [5.41, 5.74) is 0. The van der Waals surface area contributed by atoms with Gasteiger partial charge in [-0.25, -0.2) is 0 Å². The van der Waals surface area contributed by atoms with E-state index in [-0.39, 0.29) is 0 Å². The topological polar surface area (TPSA) is 40.5 Å². The van der Waals surface area contributed by atoms with Crippen molar-refractivity contribution in [3.63, 3.8) is 0 Å². The van der Waals surface area contributed by atoms with Gasteiger partial charge in [-0.1, -0.05) is 385 Å². The minimum atomic E-state index is 1.00. The van der Waals surface area contributed by atoms with E-state index < -0.39 is 0 Å². The van der Waals surface area contributed by atoms with Gasteiger partial charge in [0.2, 0.25) is 0 Å². The van der Waals surface area contributed by atoms with E-state index in [0.717, 1.165) is 14.2 Å². The van der Waals surface area contributed by atoms with E-state index >= 15 is 0 Å². The first-order valence-electron chi connectivity index (χ1n) is 30.9. The van der Waals surface area contributed by atoms with E-state index in [2.05, 4.69) is 0 Å². The molecule has 0 aromatic rings. The summed E-state index contributed by atoms with van der Waals surface area (Å²) in [4.78, 5) is 0. The van der Waals surface area contributed by atoms with Gasteiger partial charge in [-0.2, -0.15) is 0 Å². The van der Waals surface area contributed by atoms with Crippen molar-refractivity contribution in [1.29, 1.82) is 0 Å². The van der Waals surface area contributed by atoms with Crippen molar-refractivity contribution in [2.75, 3.05) is 14.2 Å². The molecule has 0 aromatic carbocycles. The van der Waals surface area contributed by atoms with Gasteiger partial charge >= 0.3 is 0 Å². The Labute approximate surface area is 408 Å². The Morgan fingerprint density at radius 1 is 0.0781 bits per heavy atom. The van der Waals surface area contributed by atoms with Gasteiger partial charge in [0.05, 0.1) is 0 Å². The van der Waals surface area contributed by atoms with Crippen molar-refractivity contribution in [1.82, 2.24) is 0 Å². The molecule has 0 saturated heterocycles. The first kappa shape index (κ1) is 66.0. The molecular formula is C62H128O2. The zero-order chi connectivity index (χ0) is 46.4. The molecule has 388 valence electrons. The van der Waals surface area contributed by atoms with Crippen LogP contribution in [0.25, 0.3) is 0 Å². The fourth-order valence-corrected chi connectivity index (χ4v) is 10.6. The van der Waals surface area contributed by atoms with Crippen LogP contribution in [0.4, 0.5) is 0 Å². The van der Waals surface area contributed by atoms with E-state index in [1.807, 2.05) is 0 Å². The zero-order valence-electron chi connectivity index (χ0n) is 45.3. The highest BCUT2D eigenvalue weighted by atomic mass is 16.2. The molecule has 0 heterocycles. The molecule has 5 aliphatic rings. The third kappa shape index (κ3) is 64.0. The molecule has 0 unspecified atom stereocenters. The maximum atomic E-state index is 7.00. The van der Waals surface area contributed by atoms with Crippen molar-refractivity contribution >= 4 is 0 Å². The number of hydrogen-bond acceptors (Lipinski definition) is 2. The fraction of sp³-hybridized carbons (Fsp3) is 1.00. The van der Waals surface area contributed by atoms with E-state index in [4.69, 9.17) is 10.2 Å². The predicted octanol–water partition coefficient (Wildman–Crippen LogP) is 22.6. The quantitative estimate of drug-likeness (QED) is 0.254. The summed E-state index contributed by atoms with van der Waals surface area (Å²) in [6.45, 7) is 0. The second-order valence-electron chi connectivity index (χ2n) is 21.2. The van der Waals surface area contributed by atoms with Gasteiger partial charge in [-0.05, 0) is 0 Å². The van der Waals surface area contributed by atoms with Crippen LogP contribution in [-0.2, 0) is 0 Å². The molecular weight excluding hydrogens is 777 g/mol. The molecule has 2 nitrogen and oxygen atoms in total. The Hall–Kier alpha value is -0.0800. The third-order valence-electron chi connectivity index (χ3n) is 15.0. The molecule has 5 saturated carbocycles. The largest absolute Gasteiger partial charge is 0.400 e. The van der Waals surface area contributed by atoms with Crippen molar-refractivity contribution < 1.29 is 10.2 Å². The van der Waals surface area contributed by atoms with Gasteiger partial charge < -0.3 is 10.2 Å². The molecule has 5 rings (SSSR count). The Kier molecular flexibility index (Phi) is 69.3. The Balaban J connectivity index is 0. The first-order chi connectivity index (χ1) is 32.0. The molecule has 0 amide bonds. The van der Waals surface area contributed by atoms with Crippen LogP contribution in [0.3, 0.4) is 0 Å². The van der Waals surface area contributed by atoms with E-state index in [0.29, 0.717) is 0 Å². The van der Waals surface area contributed by atoms with Crippen molar-refractivity contribution in [2.45, 2.75) is 385 Å². The van der Waals surface area contributed by atoms with Gasteiger partial charge in [0.1, 0.15) is 0 Å². The maximum absolute atomic E-state index is 7.00. The standard InChI is InChI=1S/5C12H24.2CH4O/c5*1-2-4-6-8-10-12-11-9-7-5-3-1;2*1-2/h5*1-12H2;2*2H,1H3. The number of aliphatic hydroxyl groups is 2. The lowest BCUT2D eigenvalue weighted by Gasteiger charge is -2.05. The summed E-state index contributed by atoms with van der Waals surface area (Å²) in [6, 6.07) is 0. The summed E-state index contributed by atoms with van der Waals surface area (Å²) < 4.78 is 0. The molecule has 0 spiro atoms. The van der Waals surface area contributed by atoms with Crippen LogP contribution in [0.5, 0.6) is 0 Å². The molecule has 2 N–H and O–H groups in total. The highest BCUT2D eigenvalue weighted by Gasteiger charge is 2.00. The molecule has 0 bridgehead atoms.